The molecule has 8 heteroatoms. The molecular weight excluding hydrogens is 378 g/mol. The van der Waals surface area contributed by atoms with Crippen LogP contribution in [-0.4, -0.2) is 42.3 Å². The van der Waals surface area contributed by atoms with E-state index < -0.39 is 17.7 Å². The van der Waals surface area contributed by atoms with E-state index in [1.165, 1.54) is 0 Å². The van der Waals surface area contributed by atoms with Crippen LogP contribution in [0.5, 0.6) is 0 Å². The van der Waals surface area contributed by atoms with Crippen molar-refractivity contribution in [2.75, 3.05) is 25.0 Å². The minimum Gasteiger partial charge on any atom is -0.461 e. The molecule has 0 saturated carbocycles. The number of nitrogens with zero attached hydrogens (tertiary/aromatic N) is 1. The van der Waals surface area contributed by atoms with Gasteiger partial charge in [0.05, 0.1) is 11.1 Å². The Morgan fingerprint density at radius 2 is 1.96 bits per heavy atom. The van der Waals surface area contributed by atoms with Gasteiger partial charge in [0.25, 0.3) is 0 Å². The molecule has 24 heavy (non-hydrogen) atoms. The predicted molar refractivity (Wildman–Crippen MR) is 95.2 cm³/mol. The van der Waals surface area contributed by atoms with Crippen molar-refractivity contribution >= 4 is 33.8 Å². The molecule has 0 atom stereocenters. The number of hydrogen-bond donors (Lipinski definition) is 2. The Hall–Kier alpha value is -1.83. The van der Waals surface area contributed by atoms with Crippen LogP contribution in [-0.2, 0) is 9.47 Å². The Labute approximate surface area is 150 Å². The summed E-state index contributed by atoms with van der Waals surface area (Å²) >= 11 is 3.28. The summed E-state index contributed by atoms with van der Waals surface area (Å²) in [5.74, 6) is 0.0955. The van der Waals surface area contributed by atoms with Crippen molar-refractivity contribution in [2.24, 2.45) is 0 Å². The highest BCUT2D eigenvalue weighted by Crippen LogP contribution is 2.18. The number of aromatic nitrogens is 1. The van der Waals surface area contributed by atoms with Crippen LogP contribution in [0.4, 0.5) is 10.6 Å². The highest BCUT2D eigenvalue weighted by atomic mass is 79.9. The molecule has 0 aromatic carbocycles. The molecule has 7 nitrogen and oxygen atoms in total. The number of halogens is 1. The normalized spacial score (nSPS) is 10.9. The molecule has 1 aromatic heterocycles. The molecule has 0 fully saturated rings. The lowest BCUT2D eigenvalue weighted by atomic mass is 10.2. The molecule has 0 aliphatic heterocycles. The van der Waals surface area contributed by atoms with Crippen molar-refractivity contribution in [1.82, 2.24) is 10.3 Å². The van der Waals surface area contributed by atoms with E-state index in [0.29, 0.717) is 36.4 Å². The summed E-state index contributed by atoms with van der Waals surface area (Å²) in [5, 5.41) is 5.78. The van der Waals surface area contributed by atoms with Crippen molar-refractivity contribution < 1.29 is 19.1 Å². The fraction of sp³-hybridized carbons (Fsp3) is 0.562. The van der Waals surface area contributed by atoms with Crippen LogP contribution in [0.25, 0.3) is 0 Å². The van der Waals surface area contributed by atoms with Gasteiger partial charge in [0.2, 0.25) is 0 Å². The molecule has 1 heterocycles. The van der Waals surface area contributed by atoms with Gasteiger partial charge in [-0.15, -0.1) is 0 Å². The first kappa shape index (κ1) is 20.2. The third kappa shape index (κ3) is 7.63. The van der Waals surface area contributed by atoms with Crippen LogP contribution >= 0.6 is 15.9 Å². The van der Waals surface area contributed by atoms with E-state index in [4.69, 9.17) is 9.47 Å². The monoisotopic (exact) mass is 401 g/mol. The smallest absolute Gasteiger partial charge is 0.407 e. The van der Waals surface area contributed by atoms with Crippen LogP contribution in [0.3, 0.4) is 0 Å². The van der Waals surface area contributed by atoms with E-state index in [-0.39, 0.29) is 5.69 Å². The zero-order chi connectivity index (χ0) is 18.2. The molecule has 134 valence electrons. The average molecular weight is 402 g/mol. The molecule has 1 rings (SSSR count). The molecular formula is C16H24BrN3O4. The second-order valence-electron chi connectivity index (χ2n) is 5.96. The molecule has 0 unspecified atom stereocenters. The third-order valence-electron chi connectivity index (χ3n) is 2.64. The van der Waals surface area contributed by atoms with Crippen LogP contribution < -0.4 is 10.6 Å². The number of alkyl carbamates (subject to hydrolysis) is 1. The Balaban J connectivity index is 2.39. The molecule has 0 spiro atoms. The van der Waals surface area contributed by atoms with Gasteiger partial charge in [-0.3, -0.25) is 0 Å². The second kappa shape index (κ2) is 9.46. The molecule has 0 bridgehead atoms. The molecule has 1 amide bonds. The molecule has 2 N–H and O–H groups in total. The number of hydrogen-bond acceptors (Lipinski definition) is 6. The van der Waals surface area contributed by atoms with E-state index in [2.05, 4.69) is 31.5 Å². The molecule has 0 aliphatic rings. The van der Waals surface area contributed by atoms with Crippen LogP contribution in [0, 0.1) is 0 Å². The van der Waals surface area contributed by atoms with Crippen molar-refractivity contribution in [3.05, 3.63) is 22.3 Å². The highest BCUT2D eigenvalue weighted by Gasteiger charge is 2.15. The molecule has 0 saturated heterocycles. The summed E-state index contributed by atoms with van der Waals surface area (Å²) in [6, 6.07) is 3.49. The van der Waals surface area contributed by atoms with Gasteiger partial charge in [-0.05, 0) is 62.2 Å². The second-order valence-corrected chi connectivity index (χ2v) is 6.81. The number of anilines is 1. The summed E-state index contributed by atoms with van der Waals surface area (Å²) in [4.78, 5) is 27.5. The number of pyridine rings is 1. The summed E-state index contributed by atoms with van der Waals surface area (Å²) in [7, 11) is 0. The zero-order valence-electron chi connectivity index (χ0n) is 14.4. The van der Waals surface area contributed by atoms with Crippen molar-refractivity contribution in [3.63, 3.8) is 0 Å². The lowest BCUT2D eigenvalue weighted by Gasteiger charge is -2.19. The van der Waals surface area contributed by atoms with Crippen molar-refractivity contribution in [3.8, 4) is 0 Å². The van der Waals surface area contributed by atoms with Gasteiger partial charge in [-0.2, -0.15) is 0 Å². The van der Waals surface area contributed by atoms with Crippen LogP contribution in [0.1, 0.15) is 44.6 Å². The first-order chi connectivity index (χ1) is 11.2. The zero-order valence-corrected chi connectivity index (χ0v) is 16.0. The fourth-order valence-electron chi connectivity index (χ4n) is 1.69. The van der Waals surface area contributed by atoms with Gasteiger partial charge < -0.3 is 20.1 Å². The number of carbonyl (C=O) groups excluding carboxylic acids is 2. The number of rotatable bonds is 7. The number of nitrogens with one attached hydrogen (secondary N) is 2. The standard InChI is InChI=1S/C16H24BrN3O4/c1-5-23-14(21)13-11(17)7-8-12(20-13)18-9-6-10-19-15(22)24-16(2,3)4/h7-8H,5-6,9-10H2,1-4H3,(H,18,20)(H,19,22). The lowest BCUT2D eigenvalue weighted by Crippen LogP contribution is -2.33. The average Bonchev–Trinajstić information content (AvgIpc) is 2.46. The summed E-state index contributed by atoms with van der Waals surface area (Å²) < 4.78 is 10.7. The highest BCUT2D eigenvalue weighted by molar-refractivity contribution is 9.10. The molecule has 1 aromatic rings. The summed E-state index contributed by atoms with van der Waals surface area (Å²) in [5.41, 5.74) is -0.276. The lowest BCUT2D eigenvalue weighted by molar-refractivity contribution is 0.0511. The third-order valence-corrected chi connectivity index (χ3v) is 3.28. The van der Waals surface area contributed by atoms with E-state index in [0.717, 1.165) is 0 Å². The molecule has 0 radical (unpaired) electrons. The topological polar surface area (TPSA) is 89.5 Å². The summed E-state index contributed by atoms with van der Waals surface area (Å²) in [6.07, 6.45) is 0.250. The number of ether oxygens (including phenoxy) is 2. The predicted octanol–water partition coefficient (Wildman–Crippen LogP) is 3.35. The number of esters is 1. The van der Waals surface area contributed by atoms with Crippen LogP contribution in [0.15, 0.2) is 16.6 Å². The van der Waals surface area contributed by atoms with Gasteiger partial charge in [0.15, 0.2) is 5.69 Å². The Morgan fingerprint density at radius 3 is 2.58 bits per heavy atom. The van der Waals surface area contributed by atoms with E-state index in [1.807, 2.05) is 20.8 Å². The van der Waals surface area contributed by atoms with Gasteiger partial charge in [-0.1, -0.05) is 0 Å². The molecule has 0 aliphatic carbocycles. The van der Waals surface area contributed by atoms with E-state index in [9.17, 15) is 9.59 Å². The van der Waals surface area contributed by atoms with Gasteiger partial charge in [0, 0.05) is 13.1 Å². The Bertz CT molecular complexity index is 573. The van der Waals surface area contributed by atoms with Crippen LogP contribution in [0.2, 0.25) is 0 Å². The van der Waals surface area contributed by atoms with Crippen molar-refractivity contribution in [1.29, 1.82) is 0 Å². The fourth-order valence-corrected chi connectivity index (χ4v) is 2.08. The maximum atomic E-state index is 11.8. The number of amides is 1. The van der Waals surface area contributed by atoms with Crippen molar-refractivity contribution in [2.45, 2.75) is 39.7 Å². The minimum atomic E-state index is -0.507. The van der Waals surface area contributed by atoms with Gasteiger partial charge in [-0.25, -0.2) is 14.6 Å². The first-order valence-corrected chi connectivity index (χ1v) is 8.56. The Morgan fingerprint density at radius 1 is 1.25 bits per heavy atom. The quantitative estimate of drug-likeness (QED) is 0.537. The maximum Gasteiger partial charge on any atom is 0.407 e. The van der Waals surface area contributed by atoms with E-state index in [1.54, 1.807) is 19.1 Å². The SMILES string of the molecule is CCOC(=O)c1nc(NCCCNC(=O)OC(C)(C)C)ccc1Br. The summed E-state index contributed by atoms with van der Waals surface area (Å²) in [6.45, 7) is 8.54. The number of carbonyl (C=O) groups is 2. The largest absolute Gasteiger partial charge is 0.461 e. The Kier molecular flexibility index (Phi) is 7.97. The maximum absolute atomic E-state index is 11.8. The van der Waals surface area contributed by atoms with E-state index >= 15 is 0 Å². The van der Waals surface area contributed by atoms with Gasteiger partial charge >= 0.3 is 12.1 Å². The minimum absolute atomic E-state index is 0.230. The van der Waals surface area contributed by atoms with Gasteiger partial charge in [0.1, 0.15) is 11.4 Å². The first-order valence-electron chi connectivity index (χ1n) is 7.77.